The van der Waals surface area contributed by atoms with Gasteiger partial charge in [-0.25, -0.2) is 4.98 Å². The zero-order valence-corrected chi connectivity index (χ0v) is 8.67. The normalized spacial score (nSPS) is 10.6. The van der Waals surface area contributed by atoms with Crippen molar-refractivity contribution in [2.24, 2.45) is 0 Å². The molecule has 0 atom stereocenters. The van der Waals surface area contributed by atoms with E-state index < -0.39 is 0 Å². The number of ether oxygens (including phenoxy) is 1. The Bertz CT molecular complexity index is 424. The molecule has 0 saturated carbocycles. The van der Waals surface area contributed by atoms with E-state index in [4.69, 9.17) is 9.15 Å². The summed E-state index contributed by atoms with van der Waals surface area (Å²) in [5.74, 6) is 0.816. The van der Waals surface area contributed by atoms with Gasteiger partial charge in [0.25, 0.3) is 4.80 Å². The topological polar surface area (TPSA) is 35.3 Å². The van der Waals surface area contributed by atoms with Crippen LogP contribution in [0.2, 0.25) is 0 Å². The Balaban J connectivity index is 2.48. The Labute approximate surface area is 83.8 Å². The first kappa shape index (κ1) is 8.56. The number of rotatable bonds is 2. The second-order valence-electron chi connectivity index (χ2n) is 2.53. The van der Waals surface area contributed by atoms with Gasteiger partial charge in [0.05, 0.1) is 6.61 Å². The molecule has 0 amide bonds. The second kappa shape index (κ2) is 3.38. The van der Waals surface area contributed by atoms with E-state index in [1.807, 2.05) is 25.1 Å². The van der Waals surface area contributed by atoms with Gasteiger partial charge >= 0.3 is 0 Å². The summed E-state index contributed by atoms with van der Waals surface area (Å²) in [5.41, 5.74) is 1.56. The summed E-state index contributed by atoms with van der Waals surface area (Å²) in [6.07, 6.45) is 0. The highest BCUT2D eigenvalue weighted by Gasteiger charge is 2.03. The predicted octanol–water partition coefficient (Wildman–Crippen LogP) is 2.99. The predicted molar refractivity (Wildman–Crippen MR) is 52.9 cm³/mol. The molecule has 13 heavy (non-hydrogen) atoms. The summed E-state index contributed by atoms with van der Waals surface area (Å²) in [5, 5.41) is 0. The Morgan fingerprint density at radius 1 is 1.54 bits per heavy atom. The van der Waals surface area contributed by atoms with Gasteiger partial charge in [-0.15, -0.1) is 0 Å². The quantitative estimate of drug-likeness (QED) is 0.811. The largest absolute Gasteiger partial charge is 0.494 e. The summed E-state index contributed by atoms with van der Waals surface area (Å²) < 4.78 is 10.6. The fraction of sp³-hybridized carbons (Fsp3) is 0.222. The lowest BCUT2D eigenvalue weighted by atomic mass is 10.3. The molecule has 68 valence electrons. The standard InChI is InChI=1S/C9H8BrNO2/c1-2-12-6-3-4-8-7(5-6)11-9(10)13-8/h3-5H,2H2,1H3. The van der Waals surface area contributed by atoms with Crippen LogP contribution in [0, 0.1) is 0 Å². The molecule has 0 bridgehead atoms. The van der Waals surface area contributed by atoms with Crippen molar-refractivity contribution in [3.05, 3.63) is 23.0 Å². The van der Waals surface area contributed by atoms with Crippen LogP contribution in [0.25, 0.3) is 11.1 Å². The molecule has 0 radical (unpaired) electrons. The Kier molecular flexibility index (Phi) is 2.22. The lowest BCUT2D eigenvalue weighted by Crippen LogP contribution is -1.90. The maximum Gasteiger partial charge on any atom is 0.265 e. The molecular formula is C9H8BrNO2. The third-order valence-electron chi connectivity index (χ3n) is 1.64. The van der Waals surface area contributed by atoms with Gasteiger partial charge in [0.1, 0.15) is 11.3 Å². The first-order valence-corrected chi connectivity index (χ1v) is 4.78. The highest BCUT2D eigenvalue weighted by molar-refractivity contribution is 9.10. The third kappa shape index (κ3) is 1.67. The maximum atomic E-state index is 5.33. The smallest absolute Gasteiger partial charge is 0.265 e. The van der Waals surface area contributed by atoms with Crippen molar-refractivity contribution in [1.82, 2.24) is 4.98 Å². The number of hydrogen-bond donors (Lipinski definition) is 0. The number of benzene rings is 1. The van der Waals surface area contributed by atoms with Crippen LogP contribution in [0.3, 0.4) is 0 Å². The van der Waals surface area contributed by atoms with Gasteiger partial charge in [-0.05, 0) is 19.1 Å². The molecule has 0 fully saturated rings. The highest BCUT2D eigenvalue weighted by Crippen LogP contribution is 2.23. The van der Waals surface area contributed by atoms with E-state index in [1.54, 1.807) is 0 Å². The Hall–Kier alpha value is -1.03. The van der Waals surface area contributed by atoms with Crippen molar-refractivity contribution in [2.45, 2.75) is 6.92 Å². The van der Waals surface area contributed by atoms with Crippen LogP contribution >= 0.6 is 15.9 Å². The summed E-state index contributed by atoms with van der Waals surface area (Å²) >= 11 is 3.17. The van der Waals surface area contributed by atoms with Crippen LogP contribution in [-0.4, -0.2) is 11.6 Å². The van der Waals surface area contributed by atoms with Crippen molar-refractivity contribution in [2.75, 3.05) is 6.61 Å². The van der Waals surface area contributed by atoms with E-state index in [1.165, 1.54) is 0 Å². The van der Waals surface area contributed by atoms with Gasteiger partial charge in [-0.2, -0.15) is 0 Å². The fourth-order valence-corrected chi connectivity index (χ4v) is 1.50. The van der Waals surface area contributed by atoms with Crippen LogP contribution in [0.4, 0.5) is 0 Å². The molecule has 1 aromatic carbocycles. The van der Waals surface area contributed by atoms with Crippen LogP contribution in [0.5, 0.6) is 5.75 Å². The number of fused-ring (bicyclic) bond motifs is 1. The first-order valence-electron chi connectivity index (χ1n) is 3.98. The summed E-state index contributed by atoms with van der Waals surface area (Å²) in [6, 6.07) is 5.56. The zero-order valence-electron chi connectivity index (χ0n) is 7.08. The Morgan fingerprint density at radius 2 is 2.38 bits per heavy atom. The molecule has 0 spiro atoms. The molecule has 4 heteroatoms. The third-order valence-corrected chi connectivity index (χ3v) is 1.98. The van der Waals surface area contributed by atoms with Gasteiger partial charge in [0.15, 0.2) is 5.58 Å². The van der Waals surface area contributed by atoms with Crippen LogP contribution in [0.1, 0.15) is 6.92 Å². The number of hydrogen-bond acceptors (Lipinski definition) is 3. The van der Waals surface area contributed by atoms with Crippen molar-refractivity contribution in [1.29, 1.82) is 0 Å². The van der Waals surface area contributed by atoms with Crippen LogP contribution < -0.4 is 4.74 Å². The molecule has 1 heterocycles. The number of oxazole rings is 1. The van der Waals surface area contributed by atoms with Gasteiger partial charge < -0.3 is 9.15 Å². The minimum Gasteiger partial charge on any atom is -0.494 e. The van der Waals surface area contributed by atoms with Crippen molar-refractivity contribution in [3.8, 4) is 5.75 Å². The summed E-state index contributed by atoms with van der Waals surface area (Å²) in [4.78, 5) is 4.62. The zero-order chi connectivity index (χ0) is 9.26. The molecule has 0 unspecified atom stereocenters. The van der Waals surface area contributed by atoms with E-state index >= 15 is 0 Å². The lowest BCUT2D eigenvalue weighted by molar-refractivity contribution is 0.340. The van der Waals surface area contributed by atoms with Crippen molar-refractivity contribution in [3.63, 3.8) is 0 Å². The Morgan fingerprint density at radius 3 is 3.15 bits per heavy atom. The van der Waals surface area contributed by atoms with E-state index in [0.29, 0.717) is 11.4 Å². The van der Waals surface area contributed by atoms with Crippen molar-refractivity contribution < 1.29 is 9.15 Å². The van der Waals surface area contributed by atoms with Gasteiger partial charge in [0.2, 0.25) is 0 Å². The SMILES string of the molecule is CCOc1ccc2oc(Br)nc2c1. The monoisotopic (exact) mass is 241 g/mol. The summed E-state index contributed by atoms with van der Waals surface area (Å²) in [7, 11) is 0. The molecule has 1 aromatic heterocycles. The molecule has 2 rings (SSSR count). The molecular weight excluding hydrogens is 234 g/mol. The van der Waals surface area contributed by atoms with Gasteiger partial charge in [0, 0.05) is 22.0 Å². The maximum absolute atomic E-state index is 5.33. The first-order chi connectivity index (χ1) is 6.29. The van der Waals surface area contributed by atoms with E-state index in [2.05, 4.69) is 20.9 Å². The van der Waals surface area contributed by atoms with Gasteiger partial charge in [-0.3, -0.25) is 0 Å². The fourth-order valence-electron chi connectivity index (χ4n) is 1.14. The van der Waals surface area contributed by atoms with E-state index in [-0.39, 0.29) is 0 Å². The van der Waals surface area contributed by atoms with E-state index in [0.717, 1.165) is 16.8 Å². The van der Waals surface area contributed by atoms with Crippen LogP contribution in [-0.2, 0) is 0 Å². The van der Waals surface area contributed by atoms with Crippen molar-refractivity contribution >= 4 is 27.0 Å². The molecule has 3 nitrogen and oxygen atoms in total. The number of aromatic nitrogens is 1. The summed E-state index contributed by atoms with van der Waals surface area (Å²) in [6.45, 7) is 2.60. The molecule has 0 aliphatic heterocycles. The molecule has 0 saturated heterocycles. The second-order valence-corrected chi connectivity index (χ2v) is 3.21. The van der Waals surface area contributed by atoms with Crippen LogP contribution in [0.15, 0.2) is 27.4 Å². The number of nitrogens with zero attached hydrogens (tertiary/aromatic N) is 1. The lowest BCUT2D eigenvalue weighted by Gasteiger charge is -2.00. The molecule has 0 aliphatic carbocycles. The average molecular weight is 242 g/mol. The molecule has 2 aromatic rings. The van der Waals surface area contributed by atoms with Gasteiger partial charge in [-0.1, -0.05) is 0 Å². The molecule has 0 N–H and O–H groups in total. The minimum absolute atomic E-state index is 0.496. The average Bonchev–Trinajstić information content (AvgIpc) is 2.44. The molecule has 0 aliphatic rings. The number of halogens is 1. The minimum atomic E-state index is 0.496. The highest BCUT2D eigenvalue weighted by atomic mass is 79.9. The van der Waals surface area contributed by atoms with E-state index in [9.17, 15) is 0 Å².